The fourth-order valence-corrected chi connectivity index (χ4v) is 6.15. The molecule has 0 saturated heterocycles. The van der Waals surface area contributed by atoms with Crippen molar-refractivity contribution in [2.24, 2.45) is 5.92 Å². The van der Waals surface area contributed by atoms with E-state index in [0.29, 0.717) is 23.5 Å². The van der Waals surface area contributed by atoms with E-state index in [4.69, 9.17) is 19.5 Å². The Morgan fingerprint density at radius 2 is 1.81 bits per heavy atom. The Balaban J connectivity index is 1.84. The SMILES string of the molecule is COc1cc2c(c(OC)n1)[C@]1(O)[C@H](O)[C@H](CN(C)C)[C@@H](c3ccccc3)[C@]1(c1ccc(NC#N)cc1)O2. The van der Waals surface area contributed by atoms with Gasteiger partial charge in [0.25, 0.3) is 0 Å². The molecule has 3 N–H and O–H groups in total. The molecule has 5 rings (SSSR count). The Hall–Kier alpha value is -3.84. The van der Waals surface area contributed by atoms with Crippen LogP contribution in [0, 0.1) is 17.4 Å². The first kappa shape index (κ1) is 24.8. The summed E-state index contributed by atoms with van der Waals surface area (Å²) in [5, 5.41) is 36.5. The van der Waals surface area contributed by atoms with Crippen molar-refractivity contribution in [1.82, 2.24) is 9.88 Å². The number of nitrogens with zero attached hydrogens (tertiary/aromatic N) is 3. The summed E-state index contributed by atoms with van der Waals surface area (Å²) in [5.41, 5.74) is -0.922. The summed E-state index contributed by atoms with van der Waals surface area (Å²) >= 11 is 0. The molecular formula is C28H30N4O5. The molecule has 2 aromatic carbocycles. The number of anilines is 1. The molecule has 9 nitrogen and oxygen atoms in total. The highest BCUT2D eigenvalue weighted by Gasteiger charge is 2.77. The van der Waals surface area contributed by atoms with Gasteiger partial charge in [0.05, 0.1) is 25.9 Å². The van der Waals surface area contributed by atoms with Gasteiger partial charge in [-0.25, -0.2) is 0 Å². The highest BCUT2D eigenvalue weighted by molar-refractivity contribution is 5.61. The zero-order valence-electron chi connectivity index (χ0n) is 21.2. The Labute approximate surface area is 215 Å². The Morgan fingerprint density at radius 1 is 1.11 bits per heavy atom. The molecular weight excluding hydrogens is 472 g/mol. The molecule has 1 aliphatic carbocycles. The number of rotatable bonds is 7. The van der Waals surface area contributed by atoms with Gasteiger partial charge in [-0.1, -0.05) is 42.5 Å². The molecule has 0 spiro atoms. The van der Waals surface area contributed by atoms with Crippen molar-refractivity contribution in [3.63, 3.8) is 0 Å². The molecule has 1 saturated carbocycles. The molecule has 5 atom stereocenters. The first-order valence-corrected chi connectivity index (χ1v) is 12.0. The molecule has 1 aromatic heterocycles. The fraction of sp³-hybridized carbons (Fsp3) is 0.357. The van der Waals surface area contributed by atoms with Crippen molar-refractivity contribution in [2.75, 3.05) is 40.2 Å². The summed E-state index contributed by atoms with van der Waals surface area (Å²) in [4.78, 5) is 6.41. The molecule has 0 amide bonds. The maximum atomic E-state index is 12.8. The monoisotopic (exact) mass is 502 g/mol. The Morgan fingerprint density at radius 3 is 2.41 bits per heavy atom. The van der Waals surface area contributed by atoms with Gasteiger partial charge in [0.2, 0.25) is 11.8 Å². The number of aliphatic hydroxyl groups excluding tert-OH is 1. The number of nitriles is 1. The second-order valence-electron chi connectivity index (χ2n) is 9.72. The summed E-state index contributed by atoms with van der Waals surface area (Å²) < 4.78 is 17.8. The van der Waals surface area contributed by atoms with Gasteiger partial charge in [-0.2, -0.15) is 10.2 Å². The van der Waals surface area contributed by atoms with Crippen LogP contribution in [0.4, 0.5) is 5.69 Å². The van der Waals surface area contributed by atoms with Crippen molar-refractivity contribution in [2.45, 2.75) is 23.2 Å². The summed E-state index contributed by atoms with van der Waals surface area (Å²) in [5.74, 6) is -0.168. The predicted molar refractivity (Wildman–Crippen MR) is 136 cm³/mol. The fourth-order valence-electron chi connectivity index (χ4n) is 6.15. The van der Waals surface area contributed by atoms with Gasteiger partial charge in [-0.05, 0) is 37.4 Å². The molecule has 0 unspecified atom stereocenters. The van der Waals surface area contributed by atoms with Crippen molar-refractivity contribution >= 4 is 5.69 Å². The van der Waals surface area contributed by atoms with E-state index in [1.54, 1.807) is 18.2 Å². The molecule has 3 aromatic rings. The number of methoxy groups -OCH3 is 2. The number of hydrogen-bond acceptors (Lipinski definition) is 9. The highest BCUT2D eigenvalue weighted by atomic mass is 16.5. The number of aliphatic hydroxyl groups is 2. The lowest BCUT2D eigenvalue weighted by Crippen LogP contribution is -2.52. The Bertz CT molecular complexity index is 1330. The Kier molecular flexibility index (Phi) is 6.20. The normalized spacial score (nSPS) is 27.7. The van der Waals surface area contributed by atoms with Crippen molar-refractivity contribution in [3.8, 4) is 23.7 Å². The average Bonchev–Trinajstić information content (AvgIpc) is 3.27. The van der Waals surface area contributed by atoms with Crippen LogP contribution in [0.5, 0.6) is 17.5 Å². The van der Waals surface area contributed by atoms with Crippen molar-refractivity contribution in [1.29, 1.82) is 5.26 Å². The molecule has 0 radical (unpaired) electrons. The number of hydrogen-bond donors (Lipinski definition) is 3. The van der Waals surface area contributed by atoms with Crippen LogP contribution >= 0.6 is 0 Å². The van der Waals surface area contributed by atoms with Gasteiger partial charge in [-0.15, -0.1) is 0 Å². The summed E-state index contributed by atoms with van der Waals surface area (Å²) in [6.45, 7) is 0.490. The van der Waals surface area contributed by atoms with Gasteiger partial charge in [-0.3, -0.25) is 5.32 Å². The standard InChI is InChI=1S/C28H30N4O5/c1-32(2)15-20-23(17-8-6-5-7-9-17)28(18-10-12-19(13-11-18)30-16-29)27(34,25(20)33)24-21(37-28)14-22(35-3)31-26(24)36-4/h5-14,20,23,25,30,33-34H,15H2,1-4H3/t20-,23-,25-,27+,28+/m1/s1. The molecule has 1 aliphatic heterocycles. The second kappa shape index (κ2) is 9.23. The largest absolute Gasteiger partial charge is 0.481 e. The van der Waals surface area contributed by atoms with Gasteiger partial charge < -0.3 is 29.3 Å². The van der Waals surface area contributed by atoms with E-state index in [1.807, 2.05) is 67.7 Å². The lowest BCUT2D eigenvalue weighted by molar-refractivity contribution is -0.152. The molecule has 0 bridgehead atoms. The maximum absolute atomic E-state index is 12.8. The third kappa shape index (κ3) is 3.52. The summed E-state index contributed by atoms with van der Waals surface area (Å²) in [6.07, 6.45) is 0.689. The minimum Gasteiger partial charge on any atom is -0.481 e. The minimum atomic E-state index is -1.92. The summed E-state index contributed by atoms with van der Waals surface area (Å²) in [6, 6.07) is 18.5. The van der Waals surface area contributed by atoms with Gasteiger partial charge in [0.1, 0.15) is 5.75 Å². The van der Waals surface area contributed by atoms with Crippen LogP contribution in [-0.2, 0) is 11.2 Å². The average molecular weight is 503 g/mol. The van der Waals surface area contributed by atoms with E-state index in [1.165, 1.54) is 14.2 Å². The van der Waals surface area contributed by atoms with Gasteiger partial charge in [0.15, 0.2) is 17.4 Å². The van der Waals surface area contributed by atoms with E-state index in [2.05, 4.69) is 10.3 Å². The van der Waals surface area contributed by atoms with Crippen LogP contribution in [-0.4, -0.2) is 61.1 Å². The topological polar surface area (TPSA) is 120 Å². The zero-order valence-corrected chi connectivity index (χ0v) is 21.2. The minimum absolute atomic E-state index is 0.123. The second-order valence-corrected chi connectivity index (χ2v) is 9.72. The lowest BCUT2D eigenvalue weighted by atomic mass is 9.70. The number of pyridine rings is 1. The van der Waals surface area contributed by atoms with E-state index < -0.39 is 29.1 Å². The smallest absolute Gasteiger partial charge is 0.226 e. The zero-order chi connectivity index (χ0) is 26.4. The number of benzene rings is 2. The first-order chi connectivity index (χ1) is 17.8. The number of aromatic nitrogens is 1. The van der Waals surface area contributed by atoms with E-state index in [-0.39, 0.29) is 17.3 Å². The maximum Gasteiger partial charge on any atom is 0.226 e. The number of fused-ring (bicyclic) bond motifs is 3. The van der Waals surface area contributed by atoms with Crippen LogP contribution in [0.15, 0.2) is 60.7 Å². The van der Waals surface area contributed by atoms with E-state index in [9.17, 15) is 10.2 Å². The van der Waals surface area contributed by atoms with Gasteiger partial charge >= 0.3 is 0 Å². The van der Waals surface area contributed by atoms with Crippen LogP contribution in [0.25, 0.3) is 0 Å². The van der Waals surface area contributed by atoms with E-state index >= 15 is 0 Å². The molecule has 9 heteroatoms. The van der Waals surface area contributed by atoms with Crippen LogP contribution in [0.1, 0.15) is 22.6 Å². The number of nitrogens with one attached hydrogen (secondary N) is 1. The first-order valence-electron chi connectivity index (χ1n) is 12.0. The van der Waals surface area contributed by atoms with Crippen LogP contribution in [0.3, 0.4) is 0 Å². The third-order valence-electron chi connectivity index (χ3n) is 7.50. The number of ether oxygens (including phenoxy) is 3. The van der Waals surface area contributed by atoms with Crippen LogP contribution in [0.2, 0.25) is 0 Å². The van der Waals surface area contributed by atoms with Crippen molar-refractivity contribution < 1.29 is 24.4 Å². The quantitative estimate of drug-likeness (QED) is 0.331. The molecule has 1 fully saturated rings. The van der Waals surface area contributed by atoms with Gasteiger partial charge in [0, 0.05) is 30.1 Å². The molecule has 192 valence electrons. The molecule has 37 heavy (non-hydrogen) atoms. The lowest BCUT2D eigenvalue weighted by Gasteiger charge is -2.41. The van der Waals surface area contributed by atoms with Crippen LogP contribution < -0.4 is 19.5 Å². The third-order valence-corrected chi connectivity index (χ3v) is 7.50. The molecule has 2 aliphatic rings. The molecule has 2 heterocycles. The predicted octanol–water partition coefficient (Wildman–Crippen LogP) is 2.80. The van der Waals surface area contributed by atoms with E-state index in [0.717, 1.165) is 5.56 Å². The summed E-state index contributed by atoms with van der Waals surface area (Å²) in [7, 11) is 6.82. The highest BCUT2D eigenvalue weighted by Crippen LogP contribution is 2.69. The van der Waals surface area contributed by atoms with Crippen molar-refractivity contribution in [3.05, 3.63) is 77.4 Å².